The number of hydrogen-bond donors (Lipinski definition) is 2. The van der Waals surface area contributed by atoms with Crippen molar-refractivity contribution in [3.05, 3.63) is 65.0 Å². The van der Waals surface area contributed by atoms with E-state index in [9.17, 15) is 0 Å². The Morgan fingerprint density at radius 3 is 2.62 bits per heavy atom. The van der Waals surface area contributed by atoms with Gasteiger partial charge in [0.2, 0.25) is 0 Å². The summed E-state index contributed by atoms with van der Waals surface area (Å²) in [5, 5.41) is 3.83. The van der Waals surface area contributed by atoms with Crippen LogP contribution in [0.3, 0.4) is 0 Å². The van der Waals surface area contributed by atoms with Crippen molar-refractivity contribution in [3.8, 4) is 0 Å². The number of nitrogens with one attached hydrogen (secondary N) is 1. The molecule has 2 aliphatic carbocycles. The molecular weight excluding hydrogens is 356 g/mol. The van der Waals surface area contributed by atoms with Crippen molar-refractivity contribution in [2.24, 2.45) is 5.73 Å². The van der Waals surface area contributed by atoms with Crippen LogP contribution in [0.25, 0.3) is 0 Å². The highest BCUT2D eigenvalue weighted by atomic mass is 15.2. The van der Waals surface area contributed by atoms with Crippen molar-refractivity contribution in [1.29, 1.82) is 0 Å². The summed E-state index contributed by atoms with van der Waals surface area (Å²) in [6, 6.07) is 15.3. The van der Waals surface area contributed by atoms with Crippen LogP contribution in [0.5, 0.6) is 0 Å². The maximum Gasteiger partial charge on any atom is 0.0607 e. The molecule has 4 heteroatoms. The molecule has 29 heavy (non-hydrogen) atoms. The number of aromatic nitrogens is 1. The first-order valence-electron chi connectivity index (χ1n) is 11.5. The van der Waals surface area contributed by atoms with E-state index in [2.05, 4.69) is 46.6 Å². The van der Waals surface area contributed by atoms with Gasteiger partial charge in [0.15, 0.2) is 0 Å². The van der Waals surface area contributed by atoms with Crippen LogP contribution in [-0.4, -0.2) is 34.6 Å². The molecule has 0 amide bonds. The molecule has 1 saturated carbocycles. The molecule has 1 aromatic carbocycles. The van der Waals surface area contributed by atoms with E-state index in [0.717, 1.165) is 32.4 Å². The van der Waals surface area contributed by atoms with Gasteiger partial charge in [-0.1, -0.05) is 30.3 Å². The first kappa shape index (κ1) is 19.2. The molecule has 0 saturated heterocycles. The lowest BCUT2D eigenvalue weighted by Crippen LogP contribution is -2.51. The van der Waals surface area contributed by atoms with E-state index in [-0.39, 0.29) is 0 Å². The third-order valence-electron chi connectivity index (χ3n) is 7.37. The number of nitrogens with two attached hydrogens (primary N) is 1. The zero-order valence-electron chi connectivity index (χ0n) is 17.4. The van der Waals surface area contributed by atoms with Crippen LogP contribution in [0.4, 0.5) is 0 Å². The van der Waals surface area contributed by atoms with Crippen molar-refractivity contribution in [3.63, 3.8) is 0 Å². The summed E-state index contributed by atoms with van der Waals surface area (Å²) in [4.78, 5) is 7.70. The maximum atomic E-state index is 6.25. The van der Waals surface area contributed by atoms with Gasteiger partial charge in [0.05, 0.1) is 11.7 Å². The van der Waals surface area contributed by atoms with E-state index in [1.807, 2.05) is 6.20 Å². The Morgan fingerprint density at radius 1 is 0.966 bits per heavy atom. The van der Waals surface area contributed by atoms with Gasteiger partial charge in [-0.25, -0.2) is 0 Å². The minimum absolute atomic E-state index is 0.393. The molecule has 0 radical (unpaired) electrons. The van der Waals surface area contributed by atoms with E-state index in [0.29, 0.717) is 24.2 Å². The Balaban J connectivity index is 1.40. The summed E-state index contributed by atoms with van der Waals surface area (Å²) in [5.74, 6) is 0. The molecule has 0 unspecified atom stereocenters. The summed E-state index contributed by atoms with van der Waals surface area (Å²) in [6.07, 6.45) is 11.6. The molecule has 1 fully saturated rings. The highest BCUT2D eigenvalue weighted by Gasteiger charge is 2.35. The molecule has 2 heterocycles. The van der Waals surface area contributed by atoms with Gasteiger partial charge in [-0.15, -0.1) is 0 Å². The molecule has 4 nitrogen and oxygen atoms in total. The minimum atomic E-state index is 0.393. The van der Waals surface area contributed by atoms with E-state index in [4.69, 9.17) is 10.7 Å². The lowest BCUT2D eigenvalue weighted by atomic mass is 9.85. The highest BCUT2D eigenvalue weighted by molar-refractivity contribution is 5.30. The summed E-state index contributed by atoms with van der Waals surface area (Å²) in [5.41, 5.74) is 12.0. The Hall–Kier alpha value is -1.75. The SMILES string of the molecule is N[C@H]1CC[C@@H](N(C[C@H]2Cc3ccccc3CN2)[C@H]2CCCc3cccnc32)CC1. The third-order valence-corrected chi connectivity index (χ3v) is 7.37. The van der Waals surface area contributed by atoms with Crippen molar-refractivity contribution in [2.75, 3.05) is 6.54 Å². The predicted octanol–water partition coefficient (Wildman–Crippen LogP) is 3.75. The maximum absolute atomic E-state index is 6.25. The fourth-order valence-electron chi connectivity index (χ4n) is 5.78. The molecule has 154 valence electrons. The number of fused-ring (bicyclic) bond motifs is 2. The van der Waals surface area contributed by atoms with Gasteiger partial charge in [0, 0.05) is 37.4 Å². The highest BCUT2D eigenvalue weighted by Crippen LogP contribution is 2.37. The summed E-state index contributed by atoms with van der Waals surface area (Å²) >= 11 is 0. The fraction of sp³-hybridized carbons (Fsp3) is 0.560. The van der Waals surface area contributed by atoms with Crippen LogP contribution >= 0.6 is 0 Å². The minimum Gasteiger partial charge on any atom is -0.328 e. The Kier molecular flexibility index (Phi) is 5.67. The zero-order valence-corrected chi connectivity index (χ0v) is 17.4. The molecule has 0 spiro atoms. The molecule has 1 aromatic heterocycles. The number of nitrogens with zero attached hydrogens (tertiary/aromatic N) is 2. The van der Waals surface area contributed by atoms with Gasteiger partial charge < -0.3 is 11.1 Å². The summed E-state index contributed by atoms with van der Waals surface area (Å²) < 4.78 is 0. The Labute approximate surface area is 174 Å². The summed E-state index contributed by atoms with van der Waals surface area (Å²) in [7, 11) is 0. The second-order valence-electron chi connectivity index (χ2n) is 9.27. The molecule has 3 N–H and O–H groups in total. The van der Waals surface area contributed by atoms with E-state index in [1.165, 1.54) is 54.5 Å². The largest absolute Gasteiger partial charge is 0.328 e. The van der Waals surface area contributed by atoms with Crippen molar-refractivity contribution in [2.45, 2.75) is 82.1 Å². The second-order valence-corrected chi connectivity index (χ2v) is 9.27. The second kappa shape index (κ2) is 8.55. The van der Waals surface area contributed by atoms with Crippen LogP contribution in [0.15, 0.2) is 42.6 Å². The monoisotopic (exact) mass is 390 g/mol. The van der Waals surface area contributed by atoms with E-state index >= 15 is 0 Å². The molecule has 3 aliphatic rings. The molecule has 0 bridgehead atoms. The van der Waals surface area contributed by atoms with Crippen LogP contribution in [0, 0.1) is 0 Å². The van der Waals surface area contributed by atoms with Gasteiger partial charge in [-0.3, -0.25) is 9.88 Å². The van der Waals surface area contributed by atoms with Gasteiger partial charge in [-0.05, 0) is 74.1 Å². The van der Waals surface area contributed by atoms with Crippen LogP contribution in [0.2, 0.25) is 0 Å². The Bertz CT molecular complexity index is 827. The van der Waals surface area contributed by atoms with Crippen LogP contribution in [-0.2, 0) is 19.4 Å². The fourth-order valence-corrected chi connectivity index (χ4v) is 5.78. The predicted molar refractivity (Wildman–Crippen MR) is 118 cm³/mol. The van der Waals surface area contributed by atoms with Gasteiger partial charge in [-0.2, -0.15) is 0 Å². The summed E-state index contributed by atoms with van der Waals surface area (Å²) in [6.45, 7) is 2.10. The first-order valence-corrected chi connectivity index (χ1v) is 11.5. The molecule has 2 atom stereocenters. The number of pyridine rings is 1. The topological polar surface area (TPSA) is 54.2 Å². The zero-order chi connectivity index (χ0) is 19.6. The van der Waals surface area contributed by atoms with Crippen molar-refractivity contribution in [1.82, 2.24) is 15.2 Å². The van der Waals surface area contributed by atoms with Gasteiger partial charge >= 0.3 is 0 Å². The van der Waals surface area contributed by atoms with Crippen LogP contribution < -0.4 is 11.1 Å². The van der Waals surface area contributed by atoms with Crippen molar-refractivity contribution >= 4 is 0 Å². The van der Waals surface area contributed by atoms with E-state index < -0.39 is 0 Å². The lowest BCUT2D eigenvalue weighted by molar-refractivity contribution is 0.0740. The molecular formula is C25H34N4. The smallest absolute Gasteiger partial charge is 0.0607 e. The van der Waals surface area contributed by atoms with Crippen LogP contribution in [0.1, 0.15) is 67.0 Å². The van der Waals surface area contributed by atoms with Gasteiger partial charge in [0.1, 0.15) is 0 Å². The van der Waals surface area contributed by atoms with E-state index in [1.54, 1.807) is 0 Å². The molecule has 5 rings (SSSR count). The number of aryl methyl sites for hydroxylation is 1. The Morgan fingerprint density at radius 2 is 1.76 bits per heavy atom. The standard InChI is InChI=1S/C25H34N4/c26-21-10-12-23(13-11-21)29(24-9-3-7-18-8-4-14-27-25(18)24)17-22-15-19-5-1-2-6-20(19)16-28-22/h1-2,4-6,8,14,21-24,28H,3,7,9-13,15-17,26H2/t21-,22-,23+,24+/m1/s1. The number of hydrogen-bond acceptors (Lipinski definition) is 4. The van der Waals surface area contributed by atoms with Crippen molar-refractivity contribution < 1.29 is 0 Å². The average Bonchev–Trinajstić information content (AvgIpc) is 2.78. The van der Waals surface area contributed by atoms with Gasteiger partial charge in [0.25, 0.3) is 0 Å². The number of rotatable bonds is 4. The third kappa shape index (κ3) is 4.11. The lowest BCUT2D eigenvalue weighted by Gasteiger charge is -2.44. The normalized spacial score (nSPS) is 29.3. The average molecular weight is 391 g/mol. The molecule has 1 aliphatic heterocycles. The quantitative estimate of drug-likeness (QED) is 0.835. The molecule has 2 aromatic rings. The first-order chi connectivity index (χ1) is 14.3. The number of benzene rings is 1.